The molecule has 31 heavy (non-hydrogen) atoms. The molecule has 3 aromatic carbocycles. The molecular weight excluding hydrogens is 384 g/mol. The Hall–Kier alpha value is -3.29. The summed E-state index contributed by atoms with van der Waals surface area (Å²) in [5.74, 6) is 3.60. The summed E-state index contributed by atoms with van der Waals surface area (Å²) in [5, 5.41) is 0. The van der Waals surface area contributed by atoms with Crippen molar-refractivity contribution in [1.29, 1.82) is 0 Å². The highest BCUT2D eigenvalue weighted by Gasteiger charge is 2.08. The topological polar surface area (TPSA) is 35.5 Å². The first kappa shape index (κ1) is 22.4. The van der Waals surface area contributed by atoms with Crippen LogP contribution >= 0.6 is 0 Å². The lowest BCUT2D eigenvalue weighted by molar-refractivity contribution is 0.292. The summed E-state index contributed by atoms with van der Waals surface area (Å²) in [5.41, 5.74) is 5.68. The van der Waals surface area contributed by atoms with Gasteiger partial charge in [-0.3, -0.25) is 0 Å². The summed E-state index contributed by atoms with van der Waals surface area (Å²) in [6.45, 7) is 5.08. The fourth-order valence-electron chi connectivity index (χ4n) is 3.55. The van der Waals surface area contributed by atoms with Crippen molar-refractivity contribution in [1.82, 2.24) is 0 Å². The number of hydrogen-bond acceptors (Lipinski definition) is 3. The van der Waals surface area contributed by atoms with Gasteiger partial charge in [0.1, 0.15) is 24.0 Å². The molecule has 3 aromatic rings. The molecule has 0 bridgehead atoms. The zero-order valence-corrected chi connectivity index (χ0v) is 18.4. The van der Waals surface area contributed by atoms with Crippen molar-refractivity contribution in [2.24, 2.45) is 0 Å². The molecule has 0 fully saturated rings. The molecule has 0 atom stereocenters. The molecule has 0 unspecified atom stereocenters. The molecule has 3 nitrogen and oxygen atoms in total. The molecule has 0 aliphatic rings. The fourth-order valence-corrected chi connectivity index (χ4v) is 3.55. The minimum atomic E-state index is 0.484. The van der Waals surface area contributed by atoms with Gasteiger partial charge in [0.25, 0.3) is 0 Å². The lowest BCUT2D eigenvalue weighted by Gasteiger charge is -2.14. The van der Waals surface area contributed by atoms with E-state index in [1.807, 2.05) is 49.3 Å². The van der Waals surface area contributed by atoms with Gasteiger partial charge in [-0.05, 0) is 73.9 Å². The van der Waals surface area contributed by atoms with Crippen LogP contribution in [0.3, 0.4) is 0 Å². The van der Waals surface area contributed by atoms with Crippen LogP contribution in [0.15, 0.2) is 78.4 Å². The van der Waals surface area contributed by atoms with E-state index in [0.717, 1.165) is 41.9 Å². The normalized spacial score (nSPS) is 10.4. The number of ether oxygens (including phenoxy) is 2. The van der Waals surface area contributed by atoms with E-state index < -0.39 is 0 Å². The first-order chi connectivity index (χ1) is 15.2. The van der Waals surface area contributed by atoms with Gasteiger partial charge < -0.3 is 9.47 Å². The van der Waals surface area contributed by atoms with Crippen LogP contribution in [0.5, 0.6) is 11.5 Å². The first-order valence-corrected chi connectivity index (χ1v) is 10.8. The smallest absolute Gasteiger partial charge is 0.123 e. The molecule has 0 spiro atoms. The lowest BCUT2D eigenvalue weighted by Crippen LogP contribution is -2.03. The molecule has 0 radical (unpaired) electrons. The summed E-state index contributed by atoms with van der Waals surface area (Å²) >= 11 is 0. The molecular formula is C28H30O3. The zero-order chi connectivity index (χ0) is 21.9. The van der Waals surface area contributed by atoms with E-state index in [0.29, 0.717) is 19.6 Å². The van der Waals surface area contributed by atoms with Crippen molar-refractivity contribution in [2.75, 3.05) is 6.61 Å². The number of rotatable bonds is 11. The predicted molar refractivity (Wildman–Crippen MR) is 125 cm³/mol. The third-order valence-corrected chi connectivity index (χ3v) is 5.35. The largest absolute Gasteiger partial charge is 0.493 e. The monoisotopic (exact) mass is 414 g/mol. The second-order valence-corrected chi connectivity index (χ2v) is 7.80. The van der Waals surface area contributed by atoms with Crippen LogP contribution in [-0.4, -0.2) is 12.5 Å². The summed E-state index contributed by atoms with van der Waals surface area (Å²) in [4.78, 5) is 10.8. The van der Waals surface area contributed by atoms with Gasteiger partial charge in [-0.15, -0.1) is 0 Å². The van der Waals surface area contributed by atoms with Gasteiger partial charge in [0.2, 0.25) is 0 Å². The molecule has 0 aliphatic carbocycles. The van der Waals surface area contributed by atoms with Crippen LogP contribution in [0.4, 0.5) is 0 Å². The Balaban J connectivity index is 1.54. The first-order valence-electron chi connectivity index (χ1n) is 10.8. The third-order valence-electron chi connectivity index (χ3n) is 5.35. The van der Waals surface area contributed by atoms with Gasteiger partial charge in [0.05, 0.1) is 6.61 Å². The number of benzene rings is 3. The standard InChI is InChI=1S/C28H30O3/c1-22(20-29)16-17-28-23(2)9-6-13-25(28)21-31-27-15-7-14-26(19-27)30-18-8-12-24-10-4-3-5-11-24/h3-7,9-11,13-15,19H,8,12,16-18,21H2,1-2H3. The summed E-state index contributed by atoms with van der Waals surface area (Å²) in [7, 11) is 0. The van der Waals surface area contributed by atoms with Crippen LogP contribution in [0.25, 0.3) is 0 Å². The molecule has 0 aromatic heterocycles. The lowest BCUT2D eigenvalue weighted by atomic mass is 9.96. The van der Waals surface area contributed by atoms with E-state index in [1.54, 1.807) is 0 Å². The van der Waals surface area contributed by atoms with E-state index in [1.165, 1.54) is 16.7 Å². The number of carbonyl (C=O) groups excluding carboxylic acids is 1. The minimum Gasteiger partial charge on any atom is -0.493 e. The van der Waals surface area contributed by atoms with Crippen LogP contribution < -0.4 is 9.47 Å². The second kappa shape index (κ2) is 11.8. The summed E-state index contributed by atoms with van der Waals surface area (Å²) < 4.78 is 12.0. The Morgan fingerprint density at radius 2 is 1.61 bits per heavy atom. The van der Waals surface area contributed by atoms with E-state index in [9.17, 15) is 4.79 Å². The van der Waals surface area contributed by atoms with Gasteiger partial charge in [0, 0.05) is 11.6 Å². The van der Waals surface area contributed by atoms with Crippen molar-refractivity contribution >= 4 is 5.94 Å². The molecule has 0 aliphatic heterocycles. The quantitative estimate of drug-likeness (QED) is 0.273. The van der Waals surface area contributed by atoms with Gasteiger partial charge >= 0.3 is 0 Å². The van der Waals surface area contributed by atoms with Crippen molar-refractivity contribution in [3.8, 4) is 11.5 Å². The van der Waals surface area contributed by atoms with Crippen LogP contribution in [0.1, 0.15) is 42.0 Å². The molecule has 0 N–H and O–H groups in total. The van der Waals surface area contributed by atoms with E-state index in [4.69, 9.17) is 9.47 Å². The van der Waals surface area contributed by atoms with Crippen LogP contribution in [-0.2, 0) is 24.2 Å². The van der Waals surface area contributed by atoms with E-state index in [-0.39, 0.29) is 0 Å². The molecule has 3 rings (SSSR count). The van der Waals surface area contributed by atoms with E-state index in [2.05, 4.69) is 43.3 Å². The summed E-state index contributed by atoms with van der Waals surface area (Å²) in [6.07, 6.45) is 3.51. The Bertz CT molecular complexity index is 1020. The highest BCUT2D eigenvalue weighted by molar-refractivity contribution is 5.51. The predicted octanol–water partition coefficient (Wildman–Crippen LogP) is 6.30. The van der Waals surface area contributed by atoms with Gasteiger partial charge in [0.15, 0.2) is 0 Å². The fraction of sp³-hybridized carbons (Fsp3) is 0.286. The molecule has 0 saturated carbocycles. The Kier molecular flexibility index (Phi) is 8.51. The maximum absolute atomic E-state index is 10.8. The molecule has 3 heteroatoms. The van der Waals surface area contributed by atoms with Crippen molar-refractivity contribution < 1.29 is 14.3 Å². The average Bonchev–Trinajstić information content (AvgIpc) is 2.80. The molecule has 0 saturated heterocycles. The highest BCUT2D eigenvalue weighted by Crippen LogP contribution is 2.23. The second-order valence-electron chi connectivity index (χ2n) is 7.80. The summed E-state index contributed by atoms with van der Waals surface area (Å²) in [6, 6.07) is 24.5. The SMILES string of the molecule is CC(=C=O)CCc1c(C)cccc1COc1cccc(OCCCc2ccccc2)c1. The van der Waals surface area contributed by atoms with Crippen molar-refractivity contribution in [2.45, 2.75) is 46.1 Å². The highest BCUT2D eigenvalue weighted by atomic mass is 16.5. The number of aryl methyl sites for hydroxylation is 2. The van der Waals surface area contributed by atoms with Crippen molar-refractivity contribution in [3.63, 3.8) is 0 Å². The Morgan fingerprint density at radius 1 is 0.871 bits per heavy atom. The van der Waals surface area contributed by atoms with Gasteiger partial charge in [-0.1, -0.05) is 54.6 Å². The molecule has 0 amide bonds. The van der Waals surface area contributed by atoms with Crippen LogP contribution in [0, 0.1) is 6.92 Å². The zero-order valence-electron chi connectivity index (χ0n) is 18.4. The molecule has 0 heterocycles. The van der Waals surface area contributed by atoms with Crippen LogP contribution in [0.2, 0.25) is 0 Å². The Labute approximate surface area is 185 Å². The van der Waals surface area contributed by atoms with E-state index >= 15 is 0 Å². The maximum Gasteiger partial charge on any atom is 0.123 e. The average molecular weight is 415 g/mol. The maximum atomic E-state index is 10.8. The minimum absolute atomic E-state index is 0.484. The number of allylic oxidation sites excluding steroid dienone is 1. The number of hydrogen-bond donors (Lipinski definition) is 0. The third kappa shape index (κ3) is 7.16. The molecule has 160 valence electrons. The van der Waals surface area contributed by atoms with Crippen molar-refractivity contribution in [3.05, 3.63) is 101 Å². The van der Waals surface area contributed by atoms with Gasteiger partial charge in [-0.25, -0.2) is 4.79 Å². The Morgan fingerprint density at radius 3 is 2.39 bits per heavy atom. The van der Waals surface area contributed by atoms with Gasteiger partial charge in [-0.2, -0.15) is 0 Å².